The van der Waals surface area contributed by atoms with Crippen LogP contribution in [-0.2, 0) is 4.79 Å². The Kier molecular flexibility index (Phi) is 5.04. The molecule has 2 fully saturated rings. The van der Waals surface area contributed by atoms with Crippen molar-refractivity contribution in [2.24, 2.45) is 0 Å². The lowest BCUT2D eigenvalue weighted by atomic mass is 9.94. The summed E-state index contributed by atoms with van der Waals surface area (Å²) in [5, 5.41) is 3.58. The zero-order chi connectivity index (χ0) is 17.1. The molecule has 0 bridgehead atoms. The van der Waals surface area contributed by atoms with E-state index in [9.17, 15) is 4.79 Å². The highest BCUT2D eigenvalue weighted by molar-refractivity contribution is 7.80. The normalized spacial score (nSPS) is 20.4. The number of carbonyl (C=O) groups excluding carboxylic acids is 1. The molecule has 0 unspecified atom stereocenters. The third-order valence-electron chi connectivity index (χ3n) is 4.57. The highest BCUT2D eigenvalue weighted by Crippen LogP contribution is 2.30. The fourth-order valence-electron chi connectivity index (χ4n) is 3.33. The first kappa shape index (κ1) is 16.8. The molecule has 0 spiro atoms. The van der Waals surface area contributed by atoms with Crippen molar-refractivity contribution in [1.82, 2.24) is 10.2 Å². The van der Waals surface area contributed by atoms with E-state index in [0.29, 0.717) is 22.3 Å². The smallest absolute Gasteiger partial charge is 0.276 e. The molecule has 128 valence electrons. The van der Waals surface area contributed by atoms with Gasteiger partial charge in [-0.15, -0.1) is 0 Å². The molecule has 1 saturated heterocycles. The lowest BCUT2D eigenvalue weighted by Gasteiger charge is -2.29. The maximum absolute atomic E-state index is 12.7. The van der Waals surface area contributed by atoms with E-state index in [1.165, 1.54) is 6.42 Å². The zero-order valence-electron chi connectivity index (χ0n) is 14.0. The van der Waals surface area contributed by atoms with Gasteiger partial charge in [-0.1, -0.05) is 25.3 Å². The summed E-state index contributed by atoms with van der Waals surface area (Å²) in [7, 11) is 3.19. The molecule has 1 heterocycles. The minimum atomic E-state index is -0.0401. The molecule has 1 N–H and O–H groups in total. The third kappa shape index (κ3) is 3.24. The molecular weight excluding hydrogens is 324 g/mol. The van der Waals surface area contributed by atoms with E-state index < -0.39 is 0 Å². The quantitative estimate of drug-likeness (QED) is 0.671. The van der Waals surface area contributed by atoms with Gasteiger partial charge in [0, 0.05) is 6.04 Å². The van der Waals surface area contributed by atoms with E-state index in [-0.39, 0.29) is 11.9 Å². The van der Waals surface area contributed by atoms with Crippen LogP contribution in [0.15, 0.2) is 23.9 Å². The lowest BCUT2D eigenvalue weighted by molar-refractivity contribution is -0.124. The average Bonchev–Trinajstić information content (AvgIpc) is 2.89. The first-order valence-electron chi connectivity index (χ1n) is 8.22. The second kappa shape index (κ2) is 7.21. The molecule has 0 radical (unpaired) electrons. The number of ether oxygens (including phenoxy) is 2. The Morgan fingerprint density at radius 3 is 2.54 bits per heavy atom. The fraction of sp³-hybridized carbons (Fsp3) is 0.444. The SMILES string of the molecule is COc1ccc(/C=C2/NC(=S)N(C3CCCCC3)C2=O)cc1OC. The molecule has 1 aromatic carbocycles. The summed E-state index contributed by atoms with van der Waals surface area (Å²) >= 11 is 5.39. The number of nitrogens with zero attached hydrogens (tertiary/aromatic N) is 1. The van der Waals surface area contributed by atoms with Crippen molar-refractivity contribution < 1.29 is 14.3 Å². The number of hydrogen-bond donors (Lipinski definition) is 1. The van der Waals surface area contributed by atoms with Crippen LogP contribution in [-0.4, -0.2) is 36.2 Å². The molecule has 3 rings (SSSR count). The lowest BCUT2D eigenvalue weighted by Crippen LogP contribution is -2.41. The molecule has 0 atom stereocenters. The van der Waals surface area contributed by atoms with Gasteiger partial charge in [0.1, 0.15) is 5.70 Å². The summed E-state index contributed by atoms with van der Waals surface area (Å²) in [6.45, 7) is 0. The van der Waals surface area contributed by atoms with Crippen LogP contribution in [0, 0.1) is 0 Å². The molecule has 1 amide bonds. The summed E-state index contributed by atoms with van der Waals surface area (Å²) in [6, 6.07) is 5.77. The topological polar surface area (TPSA) is 50.8 Å². The van der Waals surface area contributed by atoms with Crippen molar-refractivity contribution in [2.75, 3.05) is 14.2 Å². The zero-order valence-corrected chi connectivity index (χ0v) is 14.8. The van der Waals surface area contributed by atoms with Crippen molar-refractivity contribution in [1.29, 1.82) is 0 Å². The van der Waals surface area contributed by atoms with Crippen molar-refractivity contribution >= 4 is 29.3 Å². The summed E-state index contributed by atoms with van der Waals surface area (Å²) in [5.41, 5.74) is 1.37. The van der Waals surface area contributed by atoms with Gasteiger partial charge in [-0.3, -0.25) is 9.69 Å². The highest BCUT2D eigenvalue weighted by atomic mass is 32.1. The minimum absolute atomic E-state index is 0.0401. The van der Waals surface area contributed by atoms with Crippen molar-refractivity contribution in [3.8, 4) is 11.5 Å². The Hall–Kier alpha value is -2.08. The Labute approximate surface area is 147 Å². The highest BCUT2D eigenvalue weighted by Gasteiger charge is 2.36. The maximum atomic E-state index is 12.7. The molecule has 1 aromatic rings. The van der Waals surface area contributed by atoms with E-state index in [2.05, 4.69) is 5.32 Å². The number of thiocarbonyl (C=S) groups is 1. The summed E-state index contributed by atoms with van der Waals surface area (Å²) in [4.78, 5) is 14.5. The van der Waals surface area contributed by atoms with E-state index in [0.717, 1.165) is 31.2 Å². The molecular formula is C18H22N2O3S. The van der Waals surface area contributed by atoms with Gasteiger partial charge in [-0.2, -0.15) is 0 Å². The molecule has 0 aromatic heterocycles. The average molecular weight is 346 g/mol. The molecule has 1 aliphatic heterocycles. The van der Waals surface area contributed by atoms with Gasteiger partial charge in [0.15, 0.2) is 16.6 Å². The van der Waals surface area contributed by atoms with Crippen LogP contribution in [0.2, 0.25) is 0 Å². The summed E-state index contributed by atoms with van der Waals surface area (Å²) in [6.07, 6.45) is 7.42. The number of amides is 1. The maximum Gasteiger partial charge on any atom is 0.276 e. The molecule has 1 aliphatic carbocycles. The monoisotopic (exact) mass is 346 g/mol. The predicted molar refractivity (Wildman–Crippen MR) is 97.0 cm³/mol. The van der Waals surface area contributed by atoms with Gasteiger partial charge in [0.05, 0.1) is 14.2 Å². The predicted octanol–water partition coefficient (Wildman–Crippen LogP) is 3.09. The van der Waals surface area contributed by atoms with Crippen molar-refractivity contribution in [2.45, 2.75) is 38.1 Å². The van der Waals surface area contributed by atoms with Crippen molar-refractivity contribution in [3.63, 3.8) is 0 Å². The molecule has 6 heteroatoms. The van der Waals surface area contributed by atoms with Gasteiger partial charge >= 0.3 is 0 Å². The van der Waals surface area contributed by atoms with Crippen LogP contribution < -0.4 is 14.8 Å². The minimum Gasteiger partial charge on any atom is -0.493 e. The number of methoxy groups -OCH3 is 2. The second-order valence-electron chi connectivity index (χ2n) is 6.07. The Morgan fingerprint density at radius 2 is 1.88 bits per heavy atom. The third-order valence-corrected chi connectivity index (χ3v) is 4.87. The van der Waals surface area contributed by atoms with Gasteiger partial charge < -0.3 is 14.8 Å². The van der Waals surface area contributed by atoms with Gasteiger partial charge in [0.2, 0.25) is 0 Å². The second-order valence-corrected chi connectivity index (χ2v) is 6.46. The van der Waals surface area contributed by atoms with Crippen LogP contribution in [0.1, 0.15) is 37.7 Å². The van der Waals surface area contributed by atoms with Gasteiger partial charge in [-0.05, 0) is 48.8 Å². The molecule has 2 aliphatic rings. The number of benzene rings is 1. The van der Waals surface area contributed by atoms with Crippen molar-refractivity contribution in [3.05, 3.63) is 29.5 Å². The van der Waals surface area contributed by atoms with Gasteiger partial charge in [0.25, 0.3) is 5.91 Å². The van der Waals surface area contributed by atoms with E-state index in [1.54, 1.807) is 25.2 Å². The Morgan fingerprint density at radius 1 is 1.17 bits per heavy atom. The van der Waals surface area contributed by atoms with Crippen LogP contribution in [0.5, 0.6) is 11.5 Å². The Balaban J connectivity index is 1.83. The fourth-order valence-corrected chi connectivity index (χ4v) is 3.67. The largest absolute Gasteiger partial charge is 0.493 e. The van der Waals surface area contributed by atoms with E-state index in [4.69, 9.17) is 21.7 Å². The first-order chi connectivity index (χ1) is 11.6. The number of rotatable bonds is 4. The number of hydrogen-bond acceptors (Lipinski definition) is 4. The molecule has 5 nitrogen and oxygen atoms in total. The first-order valence-corrected chi connectivity index (χ1v) is 8.63. The van der Waals surface area contributed by atoms with Crippen LogP contribution in [0.25, 0.3) is 6.08 Å². The van der Waals surface area contributed by atoms with E-state index in [1.807, 2.05) is 18.2 Å². The van der Waals surface area contributed by atoms with Gasteiger partial charge in [-0.25, -0.2) is 0 Å². The molecule has 1 saturated carbocycles. The molecule has 24 heavy (non-hydrogen) atoms. The van der Waals surface area contributed by atoms with E-state index >= 15 is 0 Å². The standard InChI is InChI=1S/C18H22N2O3S/c1-22-15-9-8-12(11-16(15)23-2)10-14-17(21)20(18(24)19-14)13-6-4-3-5-7-13/h8-11,13H,3-7H2,1-2H3,(H,19,24)/b14-10+. The summed E-state index contributed by atoms with van der Waals surface area (Å²) < 4.78 is 10.5. The Bertz CT molecular complexity index is 681. The number of nitrogens with one attached hydrogen (secondary N) is 1. The van der Waals surface area contributed by atoms with Crippen LogP contribution >= 0.6 is 12.2 Å². The number of carbonyl (C=O) groups is 1. The van der Waals surface area contributed by atoms with Crippen LogP contribution in [0.4, 0.5) is 0 Å². The summed E-state index contributed by atoms with van der Waals surface area (Å²) in [5.74, 6) is 1.25. The van der Waals surface area contributed by atoms with Crippen LogP contribution in [0.3, 0.4) is 0 Å².